The molecule has 0 fully saturated rings. The minimum Gasteiger partial charge on any atom is -0.356 e. The monoisotopic (exact) mass is 409 g/mol. The quantitative estimate of drug-likeness (QED) is 0.296. The smallest absolute Gasteiger partial charge is 0.191 e. The first-order valence-electron chi connectivity index (χ1n) is 5.37. The maximum atomic E-state index is 11.5. The molecule has 0 aromatic carbocycles. The lowest BCUT2D eigenvalue weighted by atomic mass is 10.2. The van der Waals surface area contributed by atoms with Crippen molar-refractivity contribution in [2.75, 3.05) is 38.4 Å². The van der Waals surface area contributed by atoms with Crippen molar-refractivity contribution < 1.29 is 8.42 Å². The maximum Gasteiger partial charge on any atom is 0.191 e. The van der Waals surface area contributed by atoms with E-state index < -0.39 is 14.6 Å². The van der Waals surface area contributed by atoms with Gasteiger partial charge >= 0.3 is 0 Å². The summed E-state index contributed by atoms with van der Waals surface area (Å²) in [4.78, 5) is 4.04. The molecule has 0 bridgehead atoms. The van der Waals surface area contributed by atoms with E-state index in [1.54, 1.807) is 32.7 Å². The van der Waals surface area contributed by atoms with Crippen molar-refractivity contribution in [1.82, 2.24) is 10.6 Å². The number of rotatable bonds is 6. The second kappa shape index (κ2) is 9.24. The minimum atomic E-state index is -3.08. The Balaban J connectivity index is 0. The van der Waals surface area contributed by atoms with Crippen LogP contribution in [0.5, 0.6) is 0 Å². The summed E-state index contributed by atoms with van der Waals surface area (Å²) in [5.74, 6) is 1.62. The molecule has 110 valence electrons. The molecule has 0 radical (unpaired) electrons. The normalized spacial score (nSPS) is 12.8. The number of sulfone groups is 1. The summed E-state index contributed by atoms with van der Waals surface area (Å²) in [6.07, 6.45) is 3.28. The largest absolute Gasteiger partial charge is 0.356 e. The summed E-state index contributed by atoms with van der Waals surface area (Å²) in [5, 5.41) is 6.14. The zero-order valence-corrected chi connectivity index (χ0v) is 15.6. The predicted octanol–water partition coefficient (Wildman–Crippen LogP) is 0.956. The topological polar surface area (TPSA) is 70.6 Å². The van der Waals surface area contributed by atoms with E-state index in [2.05, 4.69) is 15.6 Å². The van der Waals surface area contributed by atoms with Crippen LogP contribution in [0.2, 0.25) is 0 Å². The van der Waals surface area contributed by atoms with Crippen LogP contribution in [-0.4, -0.2) is 57.5 Å². The highest BCUT2D eigenvalue weighted by molar-refractivity contribution is 14.0. The van der Waals surface area contributed by atoms with E-state index in [0.717, 1.165) is 12.3 Å². The molecule has 0 saturated carbocycles. The van der Waals surface area contributed by atoms with Crippen LogP contribution in [0.4, 0.5) is 0 Å². The molecule has 8 heteroatoms. The van der Waals surface area contributed by atoms with Gasteiger partial charge in [-0.25, -0.2) is 8.42 Å². The zero-order chi connectivity index (χ0) is 13.5. The average Bonchev–Trinajstić information content (AvgIpc) is 2.21. The van der Waals surface area contributed by atoms with Gasteiger partial charge in [-0.15, -0.1) is 24.0 Å². The number of guanidine groups is 1. The molecule has 2 N–H and O–H groups in total. The minimum absolute atomic E-state index is 0. The molecular weight excluding hydrogens is 385 g/mol. The van der Waals surface area contributed by atoms with Crippen LogP contribution < -0.4 is 10.6 Å². The van der Waals surface area contributed by atoms with Crippen LogP contribution in [0.15, 0.2) is 4.99 Å². The van der Waals surface area contributed by atoms with Crippen molar-refractivity contribution in [2.45, 2.75) is 18.6 Å². The van der Waals surface area contributed by atoms with E-state index in [1.807, 2.05) is 6.26 Å². The molecule has 0 atom stereocenters. The van der Waals surface area contributed by atoms with E-state index in [-0.39, 0.29) is 24.0 Å². The lowest BCUT2D eigenvalue weighted by Gasteiger charge is -2.24. The Bertz CT molecular complexity index is 356. The van der Waals surface area contributed by atoms with Gasteiger partial charge in [0, 0.05) is 32.1 Å². The van der Waals surface area contributed by atoms with Crippen molar-refractivity contribution in [3.8, 4) is 0 Å². The third kappa shape index (κ3) is 7.67. The molecule has 0 unspecified atom stereocenters. The van der Waals surface area contributed by atoms with E-state index in [9.17, 15) is 8.42 Å². The zero-order valence-electron chi connectivity index (χ0n) is 11.6. The molecule has 0 aromatic rings. The fourth-order valence-corrected chi connectivity index (χ4v) is 1.56. The van der Waals surface area contributed by atoms with Crippen molar-refractivity contribution in [3.63, 3.8) is 0 Å². The third-order valence-corrected chi connectivity index (χ3v) is 5.27. The Labute approximate surface area is 132 Å². The third-order valence-electron chi connectivity index (χ3n) is 2.51. The molecule has 0 aromatic heterocycles. The summed E-state index contributed by atoms with van der Waals surface area (Å²) in [6, 6.07) is 0. The van der Waals surface area contributed by atoms with Gasteiger partial charge in [0.1, 0.15) is 0 Å². The number of hydrogen-bond donors (Lipinski definition) is 2. The molecule has 0 heterocycles. The molecule has 18 heavy (non-hydrogen) atoms. The van der Waals surface area contributed by atoms with Crippen molar-refractivity contribution in [3.05, 3.63) is 0 Å². The van der Waals surface area contributed by atoms with Crippen LogP contribution >= 0.6 is 35.7 Å². The van der Waals surface area contributed by atoms with Crippen LogP contribution in [0.3, 0.4) is 0 Å². The van der Waals surface area contributed by atoms with E-state index >= 15 is 0 Å². The van der Waals surface area contributed by atoms with Gasteiger partial charge in [0.25, 0.3) is 0 Å². The lowest BCUT2D eigenvalue weighted by molar-refractivity contribution is 0.544. The molecule has 0 rings (SSSR count). The van der Waals surface area contributed by atoms with E-state index in [4.69, 9.17) is 0 Å². The lowest BCUT2D eigenvalue weighted by Crippen LogP contribution is -2.48. The fourth-order valence-electron chi connectivity index (χ4n) is 0.920. The maximum absolute atomic E-state index is 11.5. The molecular formula is C10H24IN3O2S2. The number of thioether (sulfide) groups is 1. The van der Waals surface area contributed by atoms with Gasteiger partial charge in [-0.2, -0.15) is 11.8 Å². The Hall–Kier alpha value is 0.300. The fraction of sp³-hybridized carbons (Fsp3) is 0.900. The van der Waals surface area contributed by atoms with Gasteiger partial charge in [-0.05, 0) is 20.1 Å². The average molecular weight is 409 g/mol. The second-order valence-corrected chi connectivity index (χ2v) is 8.01. The standard InChI is InChI=1S/C10H23N3O2S2.HI/c1-10(2,17(5,14)15)8-13-9(11-3)12-6-7-16-4;/h6-8H2,1-5H3,(H2,11,12,13);1H. The van der Waals surface area contributed by atoms with Gasteiger partial charge in [0.15, 0.2) is 15.8 Å². The number of hydrogen-bond acceptors (Lipinski definition) is 4. The Kier molecular flexibility index (Phi) is 10.6. The van der Waals surface area contributed by atoms with Gasteiger partial charge in [-0.3, -0.25) is 4.99 Å². The summed E-state index contributed by atoms with van der Waals surface area (Å²) < 4.78 is 22.2. The number of halogens is 1. The summed E-state index contributed by atoms with van der Waals surface area (Å²) in [7, 11) is -1.41. The summed E-state index contributed by atoms with van der Waals surface area (Å²) in [5.41, 5.74) is 0. The van der Waals surface area contributed by atoms with Gasteiger partial charge in [0.2, 0.25) is 0 Å². The van der Waals surface area contributed by atoms with Crippen molar-refractivity contribution in [1.29, 1.82) is 0 Å². The first kappa shape index (κ1) is 20.6. The summed E-state index contributed by atoms with van der Waals surface area (Å²) >= 11 is 1.74. The Morgan fingerprint density at radius 1 is 1.33 bits per heavy atom. The number of aliphatic imine (C=N–C) groups is 1. The van der Waals surface area contributed by atoms with Crippen LogP contribution in [-0.2, 0) is 9.84 Å². The predicted molar refractivity (Wildman–Crippen MR) is 92.1 cm³/mol. The molecule has 0 amide bonds. The van der Waals surface area contributed by atoms with Crippen LogP contribution in [0.1, 0.15) is 13.8 Å². The Morgan fingerprint density at radius 3 is 2.28 bits per heavy atom. The number of nitrogens with one attached hydrogen (secondary N) is 2. The summed E-state index contributed by atoms with van der Waals surface area (Å²) in [6.45, 7) is 4.54. The van der Waals surface area contributed by atoms with Gasteiger partial charge in [0.05, 0.1) is 4.75 Å². The first-order valence-corrected chi connectivity index (χ1v) is 8.66. The molecule has 0 aliphatic heterocycles. The first-order chi connectivity index (χ1) is 7.74. The van der Waals surface area contributed by atoms with Crippen LogP contribution in [0, 0.1) is 0 Å². The second-order valence-electron chi connectivity index (χ2n) is 4.38. The number of nitrogens with zero attached hydrogens (tertiary/aromatic N) is 1. The molecule has 0 saturated heterocycles. The molecule has 0 aliphatic carbocycles. The SMILES string of the molecule is CN=C(NCCSC)NCC(C)(C)S(C)(=O)=O.I. The van der Waals surface area contributed by atoms with Gasteiger partial charge < -0.3 is 10.6 Å². The van der Waals surface area contributed by atoms with Crippen molar-refractivity contribution >= 4 is 51.5 Å². The highest BCUT2D eigenvalue weighted by Crippen LogP contribution is 2.13. The van der Waals surface area contributed by atoms with Crippen molar-refractivity contribution in [2.24, 2.45) is 4.99 Å². The molecule has 0 aliphatic rings. The van der Waals surface area contributed by atoms with Gasteiger partial charge in [-0.1, -0.05) is 0 Å². The highest BCUT2D eigenvalue weighted by Gasteiger charge is 2.30. The van der Waals surface area contributed by atoms with E-state index in [0.29, 0.717) is 12.5 Å². The van der Waals surface area contributed by atoms with Crippen LogP contribution in [0.25, 0.3) is 0 Å². The molecule has 5 nitrogen and oxygen atoms in total. The molecule has 0 spiro atoms. The highest BCUT2D eigenvalue weighted by atomic mass is 127. The van der Waals surface area contributed by atoms with E-state index in [1.165, 1.54) is 6.26 Å². The Morgan fingerprint density at radius 2 is 1.89 bits per heavy atom.